The molecule has 4 heterocycles. The number of rotatable bonds is 5. The van der Waals surface area contributed by atoms with Crippen molar-refractivity contribution < 1.29 is 4.79 Å². The number of hydrogen-bond donors (Lipinski definition) is 1. The maximum atomic E-state index is 12.9. The quantitative estimate of drug-likeness (QED) is 0.692. The molecule has 27 heavy (non-hydrogen) atoms. The zero-order valence-electron chi connectivity index (χ0n) is 15.6. The summed E-state index contributed by atoms with van der Waals surface area (Å²) in [5.41, 5.74) is 2.60. The number of aromatic nitrogens is 5. The minimum Gasteiger partial charge on any atom is -0.354 e. The van der Waals surface area contributed by atoms with Gasteiger partial charge in [0.2, 0.25) is 5.95 Å². The number of hydrogen-bond acceptors (Lipinski definition) is 6. The van der Waals surface area contributed by atoms with Crippen LogP contribution >= 0.6 is 0 Å². The summed E-state index contributed by atoms with van der Waals surface area (Å²) in [4.78, 5) is 26.0. The van der Waals surface area contributed by atoms with Crippen LogP contribution in [0.5, 0.6) is 0 Å². The molecule has 3 aromatic heterocycles. The second-order valence-corrected chi connectivity index (χ2v) is 6.80. The van der Waals surface area contributed by atoms with Crippen LogP contribution in [0, 0.1) is 13.8 Å². The number of nitrogens with zero attached hydrogens (tertiary/aromatic N) is 6. The minimum atomic E-state index is 0.139. The van der Waals surface area contributed by atoms with Gasteiger partial charge in [-0.3, -0.25) is 14.3 Å². The largest absolute Gasteiger partial charge is 0.354 e. The lowest BCUT2D eigenvalue weighted by Gasteiger charge is -2.35. The standard InChI is InChI=1S/C19H23N7O/c1-14-11-16(15(2)26(14)19-21-13-22-23-19)17(27)12-24-7-9-25(10-8-24)18-5-3-4-6-20-18/h3-6,11,13H,7-10,12H2,1-2H3,(H,21,22,23). The van der Waals surface area contributed by atoms with E-state index in [2.05, 4.69) is 30.0 Å². The third-order valence-electron chi connectivity index (χ3n) is 5.06. The fourth-order valence-electron chi connectivity index (χ4n) is 3.64. The number of ketones is 1. The van der Waals surface area contributed by atoms with Crippen LogP contribution in [0.1, 0.15) is 21.7 Å². The number of anilines is 1. The smallest absolute Gasteiger partial charge is 0.229 e. The summed E-state index contributed by atoms with van der Waals surface area (Å²) in [6, 6.07) is 7.89. The number of nitrogens with one attached hydrogen (secondary N) is 1. The summed E-state index contributed by atoms with van der Waals surface area (Å²) in [5.74, 6) is 1.77. The van der Waals surface area contributed by atoms with Crippen molar-refractivity contribution in [1.29, 1.82) is 0 Å². The van der Waals surface area contributed by atoms with Crippen molar-refractivity contribution in [2.75, 3.05) is 37.6 Å². The molecule has 4 rings (SSSR count). The summed E-state index contributed by atoms with van der Waals surface area (Å²) >= 11 is 0. The van der Waals surface area contributed by atoms with Gasteiger partial charge in [0.15, 0.2) is 5.78 Å². The van der Waals surface area contributed by atoms with Crippen molar-refractivity contribution in [2.45, 2.75) is 13.8 Å². The molecule has 0 spiro atoms. The summed E-state index contributed by atoms with van der Waals surface area (Å²) in [7, 11) is 0. The van der Waals surface area contributed by atoms with Crippen LogP contribution in [-0.4, -0.2) is 68.1 Å². The predicted molar refractivity (Wildman–Crippen MR) is 102 cm³/mol. The molecule has 0 amide bonds. The molecule has 8 heteroatoms. The van der Waals surface area contributed by atoms with E-state index in [-0.39, 0.29) is 5.78 Å². The highest BCUT2D eigenvalue weighted by molar-refractivity contribution is 5.99. The first-order valence-corrected chi connectivity index (χ1v) is 9.09. The van der Waals surface area contributed by atoms with E-state index in [1.54, 1.807) is 0 Å². The number of Topliss-reactive ketones (excluding diaryl/α,β-unsaturated/α-hetero) is 1. The van der Waals surface area contributed by atoms with Gasteiger partial charge in [0.05, 0.1) is 6.54 Å². The summed E-state index contributed by atoms with van der Waals surface area (Å²) in [5, 5.41) is 6.76. The van der Waals surface area contributed by atoms with Crippen LogP contribution in [0.4, 0.5) is 5.82 Å². The van der Waals surface area contributed by atoms with Crippen molar-refractivity contribution in [2.24, 2.45) is 0 Å². The van der Waals surface area contributed by atoms with Gasteiger partial charge in [0.25, 0.3) is 0 Å². The van der Waals surface area contributed by atoms with Gasteiger partial charge in [0, 0.05) is 49.3 Å². The van der Waals surface area contributed by atoms with Gasteiger partial charge in [-0.25, -0.2) is 10.1 Å². The van der Waals surface area contributed by atoms with E-state index in [1.807, 2.05) is 48.9 Å². The Balaban J connectivity index is 1.41. The van der Waals surface area contributed by atoms with Crippen LogP contribution in [0.3, 0.4) is 0 Å². The van der Waals surface area contributed by atoms with E-state index in [0.717, 1.165) is 48.9 Å². The van der Waals surface area contributed by atoms with Crippen molar-refractivity contribution in [3.05, 3.63) is 53.7 Å². The van der Waals surface area contributed by atoms with Crippen LogP contribution < -0.4 is 4.90 Å². The molecule has 1 aliphatic heterocycles. The van der Waals surface area contributed by atoms with Crippen molar-refractivity contribution in [1.82, 2.24) is 29.6 Å². The molecule has 1 N–H and O–H groups in total. The average molecular weight is 365 g/mol. The highest BCUT2D eigenvalue weighted by Crippen LogP contribution is 2.20. The number of carbonyl (C=O) groups excluding carboxylic acids is 1. The molecule has 0 unspecified atom stereocenters. The van der Waals surface area contributed by atoms with Gasteiger partial charge in [-0.05, 0) is 32.0 Å². The molecular weight excluding hydrogens is 342 g/mol. The Morgan fingerprint density at radius 2 is 1.96 bits per heavy atom. The number of pyridine rings is 1. The molecule has 8 nitrogen and oxygen atoms in total. The van der Waals surface area contributed by atoms with Gasteiger partial charge in [0.1, 0.15) is 12.1 Å². The summed E-state index contributed by atoms with van der Waals surface area (Å²) in [6.45, 7) is 7.80. The highest BCUT2D eigenvalue weighted by atomic mass is 16.1. The van der Waals surface area contributed by atoms with Gasteiger partial charge in [-0.1, -0.05) is 6.07 Å². The normalized spacial score (nSPS) is 15.3. The van der Waals surface area contributed by atoms with Crippen molar-refractivity contribution in [3.63, 3.8) is 0 Å². The number of piperazine rings is 1. The maximum Gasteiger partial charge on any atom is 0.229 e. The molecule has 0 atom stereocenters. The fraction of sp³-hybridized carbons (Fsp3) is 0.368. The third-order valence-corrected chi connectivity index (χ3v) is 5.06. The van der Waals surface area contributed by atoms with Crippen LogP contribution in [0.25, 0.3) is 5.95 Å². The van der Waals surface area contributed by atoms with Crippen molar-refractivity contribution >= 4 is 11.6 Å². The molecule has 0 saturated carbocycles. The lowest BCUT2D eigenvalue weighted by molar-refractivity contribution is 0.0925. The Bertz CT molecular complexity index is 909. The Morgan fingerprint density at radius 1 is 1.15 bits per heavy atom. The summed E-state index contributed by atoms with van der Waals surface area (Å²) < 4.78 is 1.93. The third kappa shape index (κ3) is 3.48. The topological polar surface area (TPSA) is 82.9 Å². The van der Waals surface area contributed by atoms with E-state index in [1.165, 1.54) is 6.33 Å². The van der Waals surface area contributed by atoms with Crippen molar-refractivity contribution in [3.8, 4) is 5.95 Å². The second kappa shape index (κ2) is 7.32. The average Bonchev–Trinajstić information content (AvgIpc) is 3.31. The molecule has 0 radical (unpaired) electrons. The first-order chi connectivity index (χ1) is 13.1. The lowest BCUT2D eigenvalue weighted by Crippen LogP contribution is -2.48. The van der Waals surface area contributed by atoms with E-state index in [0.29, 0.717) is 12.5 Å². The molecule has 0 bridgehead atoms. The zero-order chi connectivity index (χ0) is 18.8. The molecule has 0 aliphatic carbocycles. The summed E-state index contributed by atoms with van der Waals surface area (Å²) in [6.07, 6.45) is 3.28. The van der Waals surface area contributed by atoms with Crippen LogP contribution in [-0.2, 0) is 0 Å². The van der Waals surface area contributed by atoms with Crippen LogP contribution in [0.2, 0.25) is 0 Å². The Labute approximate surface area is 157 Å². The fourth-order valence-corrected chi connectivity index (χ4v) is 3.64. The van der Waals surface area contributed by atoms with E-state index in [9.17, 15) is 4.79 Å². The molecule has 1 saturated heterocycles. The Hall–Kier alpha value is -3.00. The van der Waals surface area contributed by atoms with E-state index in [4.69, 9.17) is 0 Å². The van der Waals surface area contributed by atoms with Gasteiger partial charge >= 0.3 is 0 Å². The number of aromatic amines is 1. The van der Waals surface area contributed by atoms with Gasteiger partial charge in [-0.2, -0.15) is 10.1 Å². The zero-order valence-corrected chi connectivity index (χ0v) is 15.6. The van der Waals surface area contributed by atoms with E-state index < -0.39 is 0 Å². The first-order valence-electron chi connectivity index (χ1n) is 9.09. The highest BCUT2D eigenvalue weighted by Gasteiger charge is 2.23. The van der Waals surface area contributed by atoms with Crippen LogP contribution in [0.15, 0.2) is 36.8 Å². The van der Waals surface area contributed by atoms with Gasteiger partial charge < -0.3 is 4.90 Å². The maximum absolute atomic E-state index is 12.9. The first kappa shape index (κ1) is 17.4. The van der Waals surface area contributed by atoms with E-state index >= 15 is 0 Å². The Morgan fingerprint density at radius 3 is 2.63 bits per heavy atom. The lowest BCUT2D eigenvalue weighted by atomic mass is 10.1. The molecular formula is C19H23N7O. The second-order valence-electron chi connectivity index (χ2n) is 6.80. The Kier molecular flexibility index (Phi) is 4.72. The number of aryl methyl sites for hydroxylation is 1. The number of H-pyrrole nitrogens is 1. The molecule has 1 fully saturated rings. The van der Waals surface area contributed by atoms with Gasteiger partial charge in [-0.15, -0.1) is 0 Å². The predicted octanol–water partition coefficient (Wildman–Crippen LogP) is 1.61. The molecule has 1 aliphatic rings. The minimum absolute atomic E-state index is 0.139. The number of carbonyl (C=O) groups is 1. The molecule has 0 aromatic carbocycles. The SMILES string of the molecule is Cc1cc(C(=O)CN2CCN(c3ccccn3)CC2)c(C)n1-c1ncn[nH]1. The molecule has 140 valence electrons. The monoisotopic (exact) mass is 365 g/mol. The molecule has 3 aromatic rings.